The first-order valence-electron chi connectivity index (χ1n) is 14.8. The van der Waals surface area contributed by atoms with E-state index in [0.29, 0.717) is 46.2 Å². The van der Waals surface area contributed by atoms with Gasteiger partial charge in [-0.2, -0.15) is 0 Å². The van der Waals surface area contributed by atoms with Crippen molar-refractivity contribution < 1.29 is 26.6 Å². The van der Waals surface area contributed by atoms with Crippen LogP contribution in [0.3, 0.4) is 0 Å². The molecule has 0 heterocycles. The SMILES string of the molecule is CCCO[Si](CCCN(CCN)CCC[Si](OCCC)(OCCC)OCCC)(OCCC)OCCC. The van der Waals surface area contributed by atoms with E-state index < -0.39 is 17.6 Å². The van der Waals surface area contributed by atoms with Crippen molar-refractivity contribution in [2.75, 3.05) is 65.8 Å². The Kier molecular flexibility index (Phi) is 24.3. The number of nitrogens with zero attached hydrogens (tertiary/aromatic N) is 1. The predicted molar refractivity (Wildman–Crippen MR) is 153 cm³/mol. The van der Waals surface area contributed by atoms with Gasteiger partial charge >= 0.3 is 17.6 Å². The summed E-state index contributed by atoms with van der Waals surface area (Å²) in [6, 6.07) is 1.68. The summed E-state index contributed by atoms with van der Waals surface area (Å²) in [5.41, 5.74) is 5.97. The Morgan fingerprint density at radius 2 is 0.750 bits per heavy atom. The van der Waals surface area contributed by atoms with Gasteiger partial charge in [0.1, 0.15) is 0 Å². The monoisotopic (exact) mass is 552 g/mol. The lowest BCUT2D eigenvalue weighted by molar-refractivity contribution is 0.0574. The van der Waals surface area contributed by atoms with Gasteiger partial charge in [-0.05, 0) is 64.5 Å². The van der Waals surface area contributed by atoms with Crippen LogP contribution in [0, 0.1) is 0 Å². The third-order valence-corrected chi connectivity index (χ3v) is 11.3. The lowest BCUT2D eigenvalue weighted by Crippen LogP contribution is -2.48. The summed E-state index contributed by atoms with van der Waals surface area (Å²) in [7, 11) is -5.33. The van der Waals surface area contributed by atoms with Crippen LogP contribution in [0.25, 0.3) is 0 Å². The van der Waals surface area contributed by atoms with Crippen molar-refractivity contribution in [2.45, 2.75) is 105 Å². The second-order valence-electron chi connectivity index (χ2n) is 9.29. The van der Waals surface area contributed by atoms with E-state index >= 15 is 0 Å². The fourth-order valence-electron chi connectivity index (χ4n) is 3.78. The number of hydrogen-bond acceptors (Lipinski definition) is 8. The van der Waals surface area contributed by atoms with Gasteiger partial charge in [-0.3, -0.25) is 0 Å². The van der Waals surface area contributed by atoms with Gasteiger partial charge in [0.2, 0.25) is 0 Å². The molecule has 0 amide bonds. The minimum atomic E-state index is -2.67. The summed E-state index contributed by atoms with van der Waals surface area (Å²) in [6.07, 6.45) is 7.72. The highest BCUT2D eigenvalue weighted by molar-refractivity contribution is 6.61. The topological polar surface area (TPSA) is 84.6 Å². The molecular weight excluding hydrogens is 492 g/mol. The van der Waals surface area contributed by atoms with Crippen molar-refractivity contribution in [3.8, 4) is 0 Å². The molecule has 0 radical (unpaired) electrons. The maximum absolute atomic E-state index is 6.27. The molecule has 2 N–H and O–H groups in total. The van der Waals surface area contributed by atoms with Crippen LogP contribution in [0.15, 0.2) is 0 Å². The standard InChI is InChI=1S/C26H60N2O6Si2/c1-7-19-29-35(30-20-8-2,31-21-9-3)25-13-16-28(18-15-27)17-14-26-36(32-22-10-4,33-23-11-5)34-24-12-6/h7-27H2,1-6H3. The molecule has 0 aliphatic carbocycles. The Hall–Kier alpha value is 0.114. The molecular formula is C26H60N2O6Si2. The van der Waals surface area contributed by atoms with Gasteiger partial charge in [-0.15, -0.1) is 0 Å². The first kappa shape index (κ1) is 36.1. The molecule has 0 aliphatic rings. The van der Waals surface area contributed by atoms with E-state index in [2.05, 4.69) is 46.4 Å². The van der Waals surface area contributed by atoms with Crippen LogP contribution in [0.2, 0.25) is 12.1 Å². The molecule has 0 spiro atoms. The molecule has 218 valence electrons. The van der Waals surface area contributed by atoms with Gasteiger partial charge in [0.15, 0.2) is 0 Å². The third kappa shape index (κ3) is 16.9. The van der Waals surface area contributed by atoms with Gasteiger partial charge in [0.25, 0.3) is 0 Å². The van der Waals surface area contributed by atoms with Crippen molar-refractivity contribution in [3.63, 3.8) is 0 Å². The second kappa shape index (κ2) is 24.2. The molecule has 0 rings (SSSR count). The molecule has 0 aromatic carbocycles. The van der Waals surface area contributed by atoms with Crippen LogP contribution < -0.4 is 5.73 Å². The molecule has 0 saturated carbocycles. The van der Waals surface area contributed by atoms with E-state index in [0.717, 1.165) is 83.1 Å². The summed E-state index contributed by atoms with van der Waals surface area (Å²) in [5, 5.41) is 0. The van der Waals surface area contributed by atoms with Crippen LogP contribution in [-0.2, 0) is 26.6 Å². The summed E-state index contributed by atoms with van der Waals surface area (Å²) in [4.78, 5) is 2.44. The highest BCUT2D eigenvalue weighted by atomic mass is 28.4. The molecule has 0 fully saturated rings. The fraction of sp³-hybridized carbons (Fsp3) is 1.00. The molecule has 0 atom stereocenters. The number of hydrogen-bond donors (Lipinski definition) is 1. The number of nitrogens with two attached hydrogens (primary N) is 1. The van der Waals surface area contributed by atoms with E-state index in [4.69, 9.17) is 32.3 Å². The lowest BCUT2D eigenvalue weighted by atomic mass is 10.3. The maximum atomic E-state index is 6.27. The van der Waals surface area contributed by atoms with E-state index in [9.17, 15) is 0 Å². The molecule has 0 unspecified atom stereocenters. The molecule has 0 aromatic heterocycles. The van der Waals surface area contributed by atoms with Crippen LogP contribution in [0.5, 0.6) is 0 Å². The van der Waals surface area contributed by atoms with Crippen molar-refractivity contribution in [1.82, 2.24) is 4.90 Å². The maximum Gasteiger partial charge on any atom is 0.501 e. The van der Waals surface area contributed by atoms with Crippen LogP contribution in [0.1, 0.15) is 92.9 Å². The highest BCUT2D eigenvalue weighted by Gasteiger charge is 2.41. The van der Waals surface area contributed by atoms with Gasteiger partial charge < -0.3 is 37.2 Å². The van der Waals surface area contributed by atoms with Crippen LogP contribution in [0.4, 0.5) is 0 Å². The Morgan fingerprint density at radius 1 is 0.472 bits per heavy atom. The third-order valence-electron chi connectivity index (χ3n) is 5.52. The largest absolute Gasteiger partial charge is 0.501 e. The normalized spacial score (nSPS) is 12.7. The molecule has 8 nitrogen and oxygen atoms in total. The zero-order chi connectivity index (χ0) is 27.0. The van der Waals surface area contributed by atoms with Crippen LogP contribution >= 0.6 is 0 Å². The van der Waals surface area contributed by atoms with Crippen molar-refractivity contribution >= 4 is 17.6 Å². The molecule has 36 heavy (non-hydrogen) atoms. The van der Waals surface area contributed by atoms with E-state index in [1.165, 1.54) is 0 Å². The summed E-state index contributed by atoms with van der Waals surface area (Å²) < 4.78 is 37.6. The van der Waals surface area contributed by atoms with Crippen molar-refractivity contribution in [1.29, 1.82) is 0 Å². The van der Waals surface area contributed by atoms with E-state index in [1.807, 2.05) is 0 Å². The molecule has 0 aliphatic heterocycles. The summed E-state index contributed by atoms with van der Waals surface area (Å²) >= 11 is 0. The van der Waals surface area contributed by atoms with Crippen molar-refractivity contribution in [3.05, 3.63) is 0 Å². The minimum Gasteiger partial charge on any atom is -0.373 e. The quantitative estimate of drug-likeness (QED) is 0.128. The van der Waals surface area contributed by atoms with E-state index in [-0.39, 0.29) is 0 Å². The summed E-state index contributed by atoms with van der Waals surface area (Å²) in [6.45, 7) is 20.3. The Bertz CT molecular complexity index is 398. The Labute approximate surface area is 225 Å². The average Bonchev–Trinajstić information content (AvgIpc) is 2.89. The van der Waals surface area contributed by atoms with Crippen LogP contribution in [-0.4, -0.2) is 88.3 Å². The second-order valence-corrected chi connectivity index (χ2v) is 14.8. The molecule has 0 saturated heterocycles. The smallest absolute Gasteiger partial charge is 0.373 e. The Balaban J connectivity index is 5.09. The zero-order valence-corrected chi connectivity index (χ0v) is 26.6. The lowest BCUT2D eigenvalue weighted by Gasteiger charge is -2.32. The molecule has 10 heteroatoms. The predicted octanol–water partition coefficient (Wildman–Crippen LogP) is 5.46. The van der Waals surface area contributed by atoms with Gasteiger partial charge in [-0.1, -0.05) is 41.5 Å². The molecule has 0 aromatic rings. The first-order valence-corrected chi connectivity index (χ1v) is 18.6. The average molecular weight is 553 g/mol. The minimum absolute atomic E-state index is 0.640. The Morgan fingerprint density at radius 3 is 0.972 bits per heavy atom. The number of rotatable bonds is 28. The zero-order valence-electron chi connectivity index (χ0n) is 24.6. The summed E-state index contributed by atoms with van der Waals surface area (Å²) in [5.74, 6) is 0. The van der Waals surface area contributed by atoms with Crippen molar-refractivity contribution in [2.24, 2.45) is 5.73 Å². The van der Waals surface area contributed by atoms with Gasteiger partial charge in [0, 0.05) is 64.8 Å². The fourth-order valence-corrected chi connectivity index (χ4v) is 9.42. The highest BCUT2D eigenvalue weighted by Crippen LogP contribution is 2.22. The van der Waals surface area contributed by atoms with Gasteiger partial charge in [-0.25, -0.2) is 0 Å². The van der Waals surface area contributed by atoms with E-state index in [1.54, 1.807) is 0 Å². The first-order chi connectivity index (χ1) is 17.5. The van der Waals surface area contributed by atoms with Gasteiger partial charge in [0.05, 0.1) is 0 Å². The molecule has 0 bridgehead atoms.